The monoisotopic (exact) mass is 833 g/mol. The fourth-order valence-electron chi connectivity index (χ4n) is 7.90. The highest BCUT2D eigenvalue weighted by molar-refractivity contribution is 6.31. The molecule has 2 aliphatic rings. The van der Waals surface area contributed by atoms with E-state index >= 15 is 0 Å². The summed E-state index contributed by atoms with van der Waals surface area (Å²) >= 11 is 11.7. The van der Waals surface area contributed by atoms with Gasteiger partial charge in [-0.05, 0) is 132 Å². The lowest BCUT2D eigenvalue weighted by atomic mass is 9.80. The number of nitrogens with one attached hydrogen (secondary N) is 3. The van der Waals surface area contributed by atoms with Crippen molar-refractivity contribution in [1.29, 1.82) is 0 Å². The fraction of sp³-hybridized carbons (Fsp3) is 0.375. The molecule has 0 unspecified atom stereocenters. The maximum absolute atomic E-state index is 12.6. The number of hydrazine groups is 1. The van der Waals surface area contributed by atoms with E-state index in [2.05, 4.69) is 150 Å². The number of carbonyl (C=O) groups excluding carboxylic acids is 1. The molecule has 3 N–H and O–H groups in total. The minimum absolute atomic E-state index is 0.0600. The summed E-state index contributed by atoms with van der Waals surface area (Å²) in [6.45, 7) is 15.6. The first-order chi connectivity index (χ1) is 28.4. The Balaban J connectivity index is 1.24. The van der Waals surface area contributed by atoms with Crippen LogP contribution in [0.25, 0.3) is 0 Å². The van der Waals surface area contributed by atoms with Gasteiger partial charge in [-0.2, -0.15) is 15.0 Å². The summed E-state index contributed by atoms with van der Waals surface area (Å²) in [6, 6.07) is 25.5. The average molecular weight is 835 g/mol. The van der Waals surface area contributed by atoms with Crippen LogP contribution in [0.15, 0.2) is 120 Å². The number of fused-ring (bicyclic) bond motifs is 1. The van der Waals surface area contributed by atoms with Gasteiger partial charge in [-0.1, -0.05) is 108 Å². The van der Waals surface area contributed by atoms with Crippen molar-refractivity contribution in [1.82, 2.24) is 20.4 Å². The molecular weight excluding hydrogens is 777 g/mol. The predicted molar refractivity (Wildman–Crippen MR) is 243 cm³/mol. The lowest BCUT2D eigenvalue weighted by Crippen LogP contribution is -2.30. The first-order valence-electron chi connectivity index (χ1n) is 20.8. The Morgan fingerprint density at radius 2 is 1.64 bits per heavy atom. The number of carbonyl (C=O) groups is 1. The maximum Gasteiger partial charge on any atom is 0.247 e. The van der Waals surface area contributed by atoms with E-state index in [1.807, 2.05) is 24.3 Å². The molecule has 0 radical (unpaired) electrons. The zero-order valence-electron chi connectivity index (χ0n) is 35.2. The molecule has 4 aromatic rings. The second-order valence-corrected chi connectivity index (χ2v) is 17.0. The topological polar surface area (TPSA) is 104 Å². The maximum atomic E-state index is 12.6. The van der Waals surface area contributed by atoms with Gasteiger partial charge in [0.15, 0.2) is 0 Å². The van der Waals surface area contributed by atoms with Crippen molar-refractivity contribution in [3.05, 3.63) is 147 Å². The van der Waals surface area contributed by atoms with Crippen LogP contribution in [0.2, 0.25) is 10.6 Å². The number of nitrogens with zero attached hydrogens (tertiary/aromatic N) is 4. The lowest BCUT2D eigenvalue weighted by Gasteiger charge is -2.28. The Morgan fingerprint density at radius 3 is 2.39 bits per heavy atom. The molecule has 0 atom stereocenters. The van der Waals surface area contributed by atoms with Crippen LogP contribution in [0, 0.1) is 0 Å². The summed E-state index contributed by atoms with van der Waals surface area (Å²) < 4.78 is 6.88. The van der Waals surface area contributed by atoms with Crippen molar-refractivity contribution in [2.45, 2.75) is 104 Å². The van der Waals surface area contributed by atoms with Gasteiger partial charge in [0.1, 0.15) is 11.5 Å². The highest BCUT2D eigenvalue weighted by atomic mass is 35.5. The number of halogens is 2. The standard InChI is InChI=1S/C48H57Cl2N7O2/c1-7-31-51-39-20-11-9-18-37(39)47(3,4)30-14-17-34-15-13-16-35(25-28-41-48(5,6)38-19-10-12-21-40(38)57(41)32-8-2)43(34)59-36-26-22-33(23-27-36)24-29-42(58)55-56-46-53-44(49)52-45(50)54-46/h9-12,14,17-23,25-28,51H,7-8,13,15-16,24,29-32H2,1-6H3,(H,55,58)(H,52,53,54,56)/b17-14+,35-25+,41-28+. The second kappa shape index (κ2) is 19.8. The van der Waals surface area contributed by atoms with E-state index in [4.69, 9.17) is 27.9 Å². The summed E-state index contributed by atoms with van der Waals surface area (Å²) in [5.41, 5.74) is 14.9. The Morgan fingerprint density at radius 1 is 0.915 bits per heavy atom. The first kappa shape index (κ1) is 43.5. The fourth-order valence-corrected chi connectivity index (χ4v) is 8.26. The molecule has 1 aromatic heterocycles. The van der Waals surface area contributed by atoms with Crippen LogP contribution >= 0.6 is 23.2 Å². The van der Waals surface area contributed by atoms with E-state index < -0.39 is 0 Å². The van der Waals surface area contributed by atoms with Crippen molar-refractivity contribution in [3.8, 4) is 5.75 Å². The molecule has 6 rings (SSSR count). The summed E-state index contributed by atoms with van der Waals surface area (Å²) in [6.07, 6.45) is 15.9. The van der Waals surface area contributed by atoms with Gasteiger partial charge in [-0.15, -0.1) is 0 Å². The van der Waals surface area contributed by atoms with Crippen LogP contribution in [0.3, 0.4) is 0 Å². The number of benzene rings is 3. The molecular formula is C48H57Cl2N7O2. The van der Waals surface area contributed by atoms with E-state index in [0.29, 0.717) is 6.42 Å². The van der Waals surface area contributed by atoms with Gasteiger partial charge < -0.3 is 15.0 Å². The number of para-hydroxylation sites is 2. The van der Waals surface area contributed by atoms with E-state index in [9.17, 15) is 4.79 Å². The third-order valence-electron chi connectivity index (χ3n) is 11.0. The zero-order chi connectivity index (χ0) is 42.0. The number of hydrogen-bond acceptors (Lipinski definition) is 8. The molecule has 3 aromatic carbocycles. The van der Waals surface area contributed by atoms with Crippen LogP contribution < -0.4 is 25.8 Å². The molecule has 9 nitrogen and oxygen atoms in total. The molecule has 59 heavy (non-hydrogen) atoms. The van der Waals surface area contributed by atoms with Crippen molar-refractivity contribution in [3.63, 3.8) is 0 Å². The van der Waals surface area contributed by atoms with Gasteiger partial charge in [0, 0.05) is 42.0 Å². The van der Waals surface area contributed by atoms with E-state index in [0.717, 1.165) is 68.7 Å². The number of anilines is 3. The van der Waals surface area contributed by atoms with Crippen LogP contribution in [0.1, 0.15) is 103 Å². The third kappa shape index (κ3) is 10.9. The summed E-state index contributed by atoms with van der Waals surface area (Å²) in [5, 5.41) is 3.49. The third-order valence-corrected chi connectivity index (χ3v) is 11.3. The summed E-state index contributed by atoms with van der Waals surface area (Å²) in [4.78, 5) is 26.6. The normalized spacial score (nSPS) is 16.5. The minimum Gasteiger partial charge on any atom is -0.457 e. The van der Waals surface area contributed by atoms with Gasteiger partial charge in [0.25, 0.3) is 0 Å². The van der Waals surface area contributed by atoms with Crippen molar-refractivity contribution in [2.75, 3.05) is 28.7 Å². The minimum atomic E-state index is -0.236. The van der Waals surface area contributed by atoms with Gasteiger partial charge in [0.05, 0.1) is 0 Å². The Kier molecular flexibility index (Phi) is 14.6. The summed E-state index contributed by atoms with van der Waals surface area (Å²) in [5.74, 6) is 1.49. The average Bonchev–Trinajstić information content (AvgIpc) is 3.43. The van der Waals surface area contributed by atoms with E-state index in [-0.39, 0.29) is 39.7 Å². The van der Waals surface area contributed by atoms with Gasteiger partial charge in [0.2, 0.25) is 22.4 Å². The van der Waals surface area contributed by atoms with Crippen LogP contribution in [0.5, 0.6) is 5.75 Å². The zero-order valence-corrected chi connectivity index (χ0v) is 36.7. The van der Waals surface area contributed by atoms with Crippen LogP contribution in [0.4, 0.5) is 17.3 Å². The van der Waals surface area contributed by atoms with Crippen LogP contribution in [-0.4, -0.2) is 33.9 Å². The van der Waals surface area contributed by atoms with Crippen molar-refractivity contribution < 1.29 is 9.53 Å². The number of ether oxygens (including phenoxy) is 1. The number of rotatable bonds is 17. The second-order valence-electron chi connectivity index (χ2n) is 16.3. The molecule has 1 aliphatic carbocycles. The number of aryl methyl sites for hydroxylation is 1. The smallest absolute Gasteiger partial charge is 0.247 e. The molecule has 0 bridgehead atoms. The van der Waals surface area contributed by atoms with Gasteiger partial charge in [-0.3, -0.25) is 15.6 Å². The molecule has 2 heterocycles. The van der Waals surface area contributed by atoms with Gasteiger partial charge >= 0.3 is 0 Å². The molecule has 11 heteroatoms. The van der Waals surface area contributed by atoms with E-state index in [1.165, 1.54) is 39.3 Å². The Bertz CT molecular complexity index is 2210. The molecule has 310 valence electrons. The van der Waals surface area contributed by atoms with Crippen molar-refractivity contribution in [2.24, 2.45) is 0 Å². The van der Waals surface area contributed by atoms with Crippen molar-refractivity contribution >= 4 is 46.4 Å². The number of allylic oxidation sites excluding steroid dienone is 7. The SMILES string of the molecule is CCCNc1ccccc1C(C)(C)C/C=C/C1=C(Oc2ccc(CCC(=O)NNc3nc(Cl)nc(Cl)n3)cc2)C(=C/C=C2/N(CCC)c3ccccc3C2(C)C)/CCC1. The number of amides is 1. The number of aromatic nitrogens is 3. The largest absolute Gasteiger partial charge is 0.457 e. The quantitative estimate of drug-likeness (QED) is 0.0904. The molecule has 0 fully saturated rings. The van der Waals surface area contributed by atoms with Crippen LogP contribution in [-0.2, 0) is 22.0 Å². The van der Waals surface area contributed by atoms with Gasteiger partial charge in [-0.25, -0.2) is 0 Å². The Labute approximate surface area is 360 Å². The molecule has 0 spiro atoms. The van der Waals surface area contributed by atoms with E-state index in [1.54, 1.807) is 0 Å². The highest BCUT2D eigenvalue weighted by Crippen LogP contribution is 2.48. The highest BCUT2D eigenvalue weighted by Gasteiger charge is 2.39. The molecule has 1 amide bonds. The number of hydrogen-bond donors (Lipinski definition) is 3. The Hall–Kier alpha value is -5.12. The molecule has 0 saturated heterocycles. The molecule has 1 aliphatic heterocycles. The lowest BCUT2D eigenvalue weighted by molar-refractivity contribution is -0.120. The predicted octanol–water partition coefficient (Wildman–Crippen LogP) is 11.8. The first-order valence-corrected chi connectivity index (χ1v) is 21.6. The summed E-state index contributed by atoms with van der Waals surface area (Å²) in [7, 11) is 0. The molecule has 0 saturated carbocycles.